The SMILES string of the molecule is CCOC(=O)/C=C/c1nnc(C(=O)c2ccccc2)o1. The van der Waals surface area contributed by atoms with Crippen LogP contribution in [0.3, 0.4) is 0 Å². The highest BCUT2D eigenvalue weighted by atomic mass is 16.5. The van der Waals surface area contributed by atoms with E-state index in [1.807, 2.05) is 0 Å². The Morgan fingerprint density at radius 3 is 2.70 bits per heavy atom. The molecule has 0 radical (unpaired) electrons. The van der Waals surface area contributed by atoms with E-state index in [4.69, 9.17) is 9.15 Å². The number of carbonyl (C=O) groups is 2. The molecule has 2 rings (SSSR count). The lowest BCUT2D eigenvalue weighted by molar-refractivity contribution is -0.137. The summed E-state index contributed by atoms with van der Waals surface area (Å²) in [6.07, 6.45) is 2.46. The number of aromatic nitrogens is 2. The molecular formula is C14H12N2O4. The molecule has 0 saturated heterocycles. The third kappa shape index (κ3) is 3.38. The molecule has 0 spiro atoms. The Morgan fingerprint density at radius 1 is 1.25 bits per heavy atom. The lowest BCUT2D eigenvalue weighted by Gasteiger charge is -1.94. The largest absolute Gasteiger partial charge is 0.463 e. The van der Waals surface area contributed by atoms with E-state index in [-0.39, 0.29) is 24.2 Å². The van der Waals surface area contributed by atoms with Crippen LogP contribution in [0.2, 0.25) is 0 Å². The molecule has 0 aliphatic heterocycles. The van der Waals surface area contributed by atoms with Crippen LogP contribution in [-0.4, -0.2) is 28.6 Å². The Bertz CT molecular complexity index is 632. The van der Waals surface area contributed by atoms with E-state index in [1.165, 1.54) is 6.08 Å². The number of hydrogen-bond donors (Lipinski definition) is 0. The molecule has 0 N–H and O–H groups in total. The molecule has 0 atom stereocenters. The second kappa shape index (κ2) is 6.42. The van der Waals surface area contributed by atoms with Crippen LogP contribution in [0.25, 0.3) is 6.08 Å². The molecular weight excluding hydrogens is 260 g/mol. The van der Waals surface area contributed by atoms with E-state index >= 15 is 0 Å². The Balaban J connectivity index is 2.09. The van der Waals surface area contributed by atoms with Crippen LogP contribution in [0.1, 0.15) is 29.1 Å². The maximum Gasteiger partial charge on any atom is 0.330 e. The van der Waals surface area contributed by atoms with Gasteiger partial charge in [-0.3, -0.25) is 4.79 Å². The first-order valence-corrected chi connectivity index (χ1v) is 5.98. The van der Waals surface area contributed by atoms with Crippen LogP contribution in [0.15, 0.2) is 40.8 Å². The first kappa shape index (κ1) is 13.7. The summed E-state index contributed by atoms with van der Waals surface area (Å²) in [7, 11) is 0. The van der Waals surface area contributed by atoms with Gasteiger partial charge in [0.25, 0.3) is 5.89 Å². The number of ketones is 1. The summed E-state index contributed by atoms with van der Waals surface area (Å²) in [6.45, 7) is 1.99. The maximum atomic E-state index is 12.0. The van der Waals surface area contributed by atoms with E-state index < -0.39 is 5.97 Å². The Morgan fingerprint density at radius 2 is 2.00 bits per heavy atom. The van der Waals surface area contributed by atoms with Crippen LogP contribution in [0, 0.1) is 0 Å². The molecule has 0 saturated carbocycles. The lowest BCUT2D eigenvalue weighted by atomic mass is 10.1. The normalized spacial score (nSPS) is 10.7. The molecule has 0 aliphatic carbocycles. The molecule has 2 aromatic rings. The van der Waals surface area contributed by atoms with E-state index in [0.29, 0.717) is 5.56 Å². The van der Waals surface area contributed by atoms with Crippen molar-refractivity contribution >= 4 is 17.8 Å². The Labute approximate surface area is 115 Å². The van der Waals surface area contributed by atoms with Crippen LogP contribution < -0.4 is 0 Å². The van der Waals surface area contributed by atoms with Gasteiger partial charge >= 0.3 is 5.97 Å². The van der Waals surface area contributed by atoms with Gasteiger partial charge in [-0.2, -0.15) is 0 Å². The molecule has 6 nitrogen and oxygen atoms in total. The highest BCUT2D eigenvalue weighted by Gasteiger charge is 2.15. The third-order valence-corrected chi connectivity index (χ3v) is 2.32. The predicted molar refractivity (Wildman–Crippen MR) is 69.8 cm³/mol. The number of nitrogens with zero attached hydrogens (tertiary/aromatic N) is 2. The van der Waals surface area contributed by atoms with Crippen LogP contribution in [0.5, 0.6) is 0 Å². The molecule has 0 unspecified atom stereocenters. The van der Waals surface area contributed by atoms with Gasteiger partial charge in [0.2, 0.25) is 11.7 Å². The fraction of sp³-hybridized carbons (Fsp3) is 0.143. The molecule has 0 bridgehead atoms. The van der Waals surface area contributed by atoms with Gasteiger partial charge in [0.05, 0.1) is 6.61 Å². The number of ether oxygens (including phenoxy) is 1. The number of benzene rings is 1. The number of esters is 1. The zero-order valence-corrected chi connectivity index (χ0v) is 10.8. The topological polar surface area (TPSA) is 82.3 Å². The molecule has 20 heavy (non-hydrogen) atoms. The van der Waals surface area contributed by atoms with Crippen molar-refractivity contribution < 1.29 is 18.7 Å². The summed E-state index contributed by atoms with van der Waals surface area (Å²) >= 11 is 0. The third-order valence-electron chi connectivity index (χ3n) is 2.32. The van der Waals surface area contributed by atoms with E-state index in [2.05, 4.69) is 10.2 Å². The van der Waals surface area contributed by atoms with Crippen molar-refractivity contribution in [3.05, 3.63) is 53.8 Å². The van der Waals surface area contributed by atoms with Gasteiger partial charge in [-0.05, 0) is 6.92 Å². The van der Waals surface area contributed by atoms with Crippen molar-refractivity contribution in [3.8, 4) is 0 Å². The summed E-state index contributed by atoms with van der Waals surface area (Å²) in [6, 6.07) is 8.59. The van der Waals surface area contributed by atoms with E-state index in [9.17, 15) is 9.59 Å². The van der Waals surface area contributed by atoms with Gasteiger partial charge in [-0.1, -0.05) is 30.3 Å². The van der Waals surface area contributed by atoms with Crippen molar-refractivity contribution in [2.24, 2.45) is 0 Å². The van der Waals surface area contributed by atoms with Gasteiger partial charge in [0, 0.05) is 17.7 Å². The monoisotopic (exact) mass is 272 g/mol. The minimum Gasteiger partial charge on any atom is -0.463 e. The predicted octanol–water partition coefficient (Wildman–Crippen LogP) is 1.88. The van der Waals surface area contributed by atoms with Crippen molar-refractivity contribution in [1.82, 2.24) is 10.2 Å². The summed E-state index contributed by atoms with van der Waals surface area (Å²) < 4.78 is 9.87. The van der Waals surface area contributed by atoms with Crippen LogP contribution in [0.4, 0.5) is 0 Å². The van der Waals surface area contributed by atoms with Crippen LogP contribution >= 0.6 is 0 Å². The minimum atomic E-state index is -0.512. The maximum absolute atomic E-state index is 12.0. The smallest absolute Gasteiger partial charge is 0.330 e. The molecule has 0 fully saturated rings. The van der Waals surface area contributed by atoms with Crippen molar-refractivity contribution in [2.45, 2.75) is 6.92 Å². The van der Waals surface area contributed by atoms with Crippen molar-refractivity contribution in [1.29, 1.82) is 0 Å². The highest BCUT2D eigenvalue weighted by molar-refractivity contribution is 6.05. The fourth-order valence-corrected chi connectivity index (χ4v) is 1.44. The average molecular weight is 272 g/mol. The number of hydrogen-bond acceptors (Lipinski definition) is 6. The Kier molecular flexibility index (Phi) is 4.39. The number of carbonyl (C=O) groups excluding carboxylic acids is 2. The zero-order chi connectivity index (χ0) is 14.4. The van der Waals surface area contributed by atoms with E-state index in [0.717, 1.165) is 6.08 Å². The van der Waals surface area contributed by atoms with Gasteiger partial charge in [0.15, 0.2) is 0 Å². The van der Waals surface area contributed by atoms with Crippen LogP contribution in [-0.2, 0) is 9.53 Å². The summed E-state index contributed by atoms with van der Waals surface area (Å²) in [5, 5.41) is 7.31. The molecule has 1 heterocycles. The first-order chi connectivity index (χ1) is 9.70. The summed E-state index contributed by atoms with van der Waals surface area (Å²) in [5.74, 6) is -0.937. The van der Waals surface area contributed by atoms with Gasteiger partial charge < -0.3 is 9.15 Å². The highest BCUT2D eigenvalue weighted by Crippen LogP contribution is 2.09. The first-order valence-electron chi connectivity index (χ1n) is 5.98. The van der Waals surface area contributed by atoms with Gasteiger partial charge in [-0.15, -0.1) is 10.2 Å². The molecule has 0 aliphatic rings. The standard InChI is InChI=1S/C14H12N2O4/c1-2-19-12(17)9-8-11-15-16-14(20-11)13(18)10-6-4-3-5-7-10/h3-9H,2H2,1H3/b9-8+. The lowest BCUT2D eigenvalue weighted by Crippen LogP contribution is -2.00. The summed E-state index contributed by atoms with van der Waals surface area (Å²) in [4.78, 5) is 23.1. The quantitative estimate of drug-likeness (QED) is 0.469. The Hall–Kier alpha value is -2.76. The average Bonchev–Trinajstić information content (AvgIpc) is 2.94. The van der Waals surface area contributed by atoms with Crippen molar-refractivity contribution in [2.75, 3.05) is 6.61 Å². The summed E-state index contributed by atoms with van der Waals surface area (Å²) in [5.41, 5.74) is 0.456. The van der Waals surface area contributed by atoms with E-state index in [1.54, 1.807) is 37.3 Å². The second-order valence-electron chi connectivity index (χ2n) is 3.73. The molecule has 6 heteroatoms. The van der Waals surface area contributed by atoms with Crippen molar-refractivity contribution in [3.63, 3.8) is 0 Å². The molecule has 1 aromatic carbocycles. The minimum absolute atomic E-state index is 0.0670. The molecule has 0 amide bonds. The number of rotatable bonds is 5. The molecule has 102 valence electrons. The second-order valence-corrected chi connectivity index (χ2v) is 3.73. The molecule has 1 aromatic heterocycles. The zero-order valence-electron chi connectivity index (χ0n) is 10.8. The van der Waals surface area contributed by atoms with Gasteiger partial charge in [0.1, 0.15) is 0 Å². The van der Waals surface area contributed by atoms with Gasteiger partial charge in [-0.25, -0.2) is 4.79 Å². The fourth-order valence-electron chi connectivity index (χ4n) is 1.44.